The van der Waals surface area contributed by atoms with Gasteiger partial charge in [-0.05, 0) is 23.8 Å². The second-order valence-electron chi connectivity index (χ2n) is 3.29. The molecule has 1 aromatic heterocycles. The molecule has 0 saturated carbocycles. The fourth-order valence-corrected chi connectivity index (χ4v) is 2.07. The van der Waals surface area contributed by atoms with E-state index in [1.54, 1.807) is 24.7 Å². The summed E-state index contributed by atoms with van der Waals surface area (Å²) in [5, 5.41) is 9.50. The zero-order chi connectivity index (χ0) is 12.1. The lowest BCUT2D eigenvalue weighted by Gasteiger charge is -2.01. The first-order valence-electron chi connectivity index (χ1n) is 4.86. The number of aromatic nitrogens is 2. The van der Waals surface area contributed by atoms with Gasteiger partial charge >= 0.3 is 0 Å². The van der Waals surface area contributed by atoms with Gasteiger partial charge in [0.05, 0.1) is 17.8 Å². The average molecular weight is 245 g/mol. The Morgan fingerprint density at radius 3 is 2.88 bits per heavy atom. The molecular formula is C12H8FN3S. The van der Waals surface area contributed by atoms with Crippen molar-refractivity contribution in [2.45, 2.75) is 10.8 Å². The van der Waals surface area contributed by atoms with Crippen molar-refractivity contribution in [2.24, 2.45) is 0 Å². The van der Waals surface area contributed by atoms with Crippen molar-refractivity contribution in [3.63, 3.8) is 0 Å². The molecule has 1 aromatic carbocycles. The van der Waals surface area contributed by atoms with E-state index in [2.05, 4.69) is 9.97 Å². The van der Waals surface area contributed by atoms with Gasteiger partial charge in [0.2, 0.25) is 0 Å². The molecule has 84 valence electrons. The molecule has 0 saturated heterocycles. The van der Waals surface area contributed by atoms with Gasteiger partial charge in [-0.25, -0.2) is 9.37 Å². The van der Waals surface area contributed by atoms with Gasteiger partial charge in [0.1, 0.15) is 10.8 Å². The maximum absolute atomic E-state index is 13.2. The lowest BCUT2D eigenvalue weighted by Crippen LogP contribution is -1.88. The first-order valence-corrected chi connectivity index (χ1v) is 5.85. The van der Waals surface area contributed by atoms with Crippen molar-refractivity contribution in [3.8, 4) is 6.07 Å². The van der Waals surface area contributed by atoms with Gasteiger partial charge in [-0.3, -0.25) is 4.98 Å². The van der Waals surface area contributed by atoms with Crippen LogP contribution in [0, 0.1) is 17.1 Å². The minimum absolute atomic E-state index is 0.333. The normalized spacial score (nSPS) is 9.88. The summed E-state index contributed by atoms with van der Waals surface area (Å²) >= 11 is 1.45. The Hall–Kier alpha value is -1.93. The SMILES string of the molecule is N#Cc1cc(F)cc(CSc2cnccn2)c1. The molecule has 0 spiro atoms. The van der Waals surface area contributed by atoms with Crippen molar-refractivity contribution in [3.05, 3.63) is 53.7 Å². The summed E-state index contributed by atoms with van der Waals surface area (Å²) in [4.78, 5) is 8.04. The molecule has 2 aromatic rings. The highest BCUT2D eigenvalue weighted by Crippen LogP contribution is 2.20. The lowest BCUT2D eigenvalue weighted by molar-refractivity contribution is 0.626. The molecule has 5 heteroatoms. The van der Waals surface area contributed by atoms with Crippen LogP contribution in [0.1, 0.15) is 11.1 Å². The van der Waals surface area contributed by atoms with E-state index in [0.717, 1.165) is 10.6 Å². The predicted octanol–water partition coefficient (Wildman–Crippen LogP) is 2.78. The van der Waals surface area contributed by atoms with Crippen LogP contribution in [-0.4, -0.2) is 9.97 Å². The third kappa shape index (κ3) is 3.26. The van der Waals surface area contributed by atoms with E-state index >= 15 is 0 Å². The highest BCUT2D eigenvalue weighted by molar-refractivity contribution is 7.98. The molecule has 0 N–H and O–H groups in total. The van der Waals surface area contributed by atoms with Crippen LogP contribution in [0.2, 0.25) is 0 Å². The largest absolute Gasteiger partial charge is 0.260 e. The van der Waals surface area contributed by atoms with E-state index in [-0.39, 0.29) is 0 Å². The van der Waals surface area contributed by atoms with Crippen molar-refractivity contribution < 1.29 is 4.39 Å². The van der Waals surface area contributed by atoms with Crippen LogP contribution in [0.4, 0.5) is 4.39 Å². The van der Waals surface area contributed by atoms with E-state index < -0.39 is 5.82 Å². The van der Waals surface area contributed by atoms with Crippen LogP contribution in [0.15, 0.2) is 41.8 Å². The number of nitriles is 1. The Balaban J connectivity index is 2.10. The van der Waals surface area contributed by atoms with Crippen molar-refractivity contribution in [1.29, 1.82) is 5.26 Å². The lowest BCUT2D eigenvalue weighted by atomic mass is 10.1. The fourth-order valence-electron chi connectivity index (χ4n) is 1.32. The summed E-state index contributed by atoms with van der Waals surface area (Å²) < 4.78 is 13.2. The highest BCUT2D eigenvalue weighted by Gasteiger charge is 2.02. The van der Waals surface area contributed by atoms with Gasteiger partial charge in [-0.2, -0.15) is 5.26 Å². The monoisotopic (exact) mass is 245 g/mol. The molecule has 0 aliphatic carbocycles. The number of rotatable bonds is 3. The Labute approximate surface area is 102 Å². The highest BCUT2D eigenvalue weighted by atomic mass is 32.2. The van der Waals surface area contributed by atoms with Gasteiger partial charge in [0.25, 0.3) is 0 Å². The molecule has 3 nitrogen and oxygen atoms in total. The summed E-state index contributed by atoms with van der Waals surface area (Å²) in [7, 11) is 0. The Morgan fingerprint density at radius 2 is 2.18 bits per heavy atom. The quantitative estimate of drug-likeness (QED) is 0.780. The number of hydrogen-bond acceptors (Lipinski definition) is 4. The van der Waals surface area contributed by atoms with Gasteiger partial charge < -0.3 is 0 Å². The number of thioether (sulfide) groups is 1. The molecule has 0 atom stereocenters. The molecule has 0 unspecified atom stereocenters. The maximum atomic E-state index is 13.2. The van der Waals surface area contributed by atoms with Crippen LogP contribution in [0.25, 0.3) is 0 Å². The summed E-state index contributed by atoms with van der Waals surface area (Å²) in [5.41, 5.74) is 1.09. The van der Waals surface area contributed by atoms with Crippen LogP contribution in [-0.2, 0) is 5.75 Å². The molecule has 0 aliphatic heterocycles. The molecule has 0 aliphatic rings. The van der Waals surface area contributed by atoms with E-state index in [1.807, 2.05) is 6.07 Å². The molecule has 17 heavy (non-hydrogen) atoms. The first kappa shape index (κ1) is 11.6. The maximum Gasteiger partial charge on any atom is 0.124 e. The third-order valence-electron chi connectivity index (χ3n) is 2.01. The molecule has 1 heterocycles. The van der Waals surface area contributed by atoms with Crippen molar-refractivity contribution in [2.75, 3.05) is 0 Å². The topological polar surface area (TPSA) is 49.6 Å². The third-order valence-corrected chi connectivity index (χ3v) is 3.00. The van der Waals surface area contributed by atoms with Crippen LogP contribution >= 0.6 is 11.8 Å². The standard InChI is InChI=1S/C12H8FN3S/c13-11-4-9(6-14)3-10(5-11)8-17-12-7-15-1-2-16-12/h1-5,7H,8H2. The van der Waals surface area contributed by atoms with Crippen LogP contribution < -0.4 is 0 Å². The number of benzene rings is 1. The van der Waals surface area contributed by atoms with E-state index in [1.165, 1.54) is 23.9 Å². The minimum atomic E-state index is -0.390. The van der Waals surface area contributed by atoms with Gasteiger partial charge in [0, 0.05) is 18.1 Å². The summed E-state index contributed by atoms with van der Waals surface area (Å²) in [6, 6.07) is 6.24. The van der Waals surface area contributed by atoms with E-state index in [4.69, 9.17) is 5.26 Å². The van der Waals surface area contributed by atoms with Crippen molar-refractivity contribution in [1.82, 2.24) is 9.97 Å². The molecular weight excluding hydrogens is 237 g/mol. The summed E-state index contributed by atoms with van der Waals surface area (Å²) in [5.74, 6) is 0.171. The van der Waals surface area contributed by atoms with Gasteiger partial charge in [0.15, 0.2) is 0 Å². The minimum Gasteiger partial charge on any atom is -0.260 e. The van der Waals surface area contributed by atoms with E-state index in [9.17, 15) is 4.39 Å². The summed E-state index contributed by atoms with van der Waals surface area (Å²) in [6.07, 6.45) is 4.85. The molecule has 0 radical (unpaired) electrons. The summed E-state index contributed by atoms with van der Waals surface area (Å²) in [6.45, 7) is 0. The Bertz CT molecular complexity index is 551. The van der Waals surface area contributed by atoms with Crippen LogP contribution in [0.5, 0.6) is 0 Å². The Morgan fingerprint density at radius 1 is 1.29 bits per heavy atom. The Kier molecular flexibility index (Phi) is 3.68. The van der Waals surface area contributed by atoms with E-state index in [0.29, 0.717) is 11.3 Å². The average Bonchev–Trinajstić information content (AvgIpc) is 2.37. The second-order valence-corrected chi connectivity index (χ2v) is 4.29. The smallest absolute Gasteiger partial charge is 0.124 e. The fraction of sp³-hybridized carbons (Fsp3) is 0.0833. The van der Waals surface area contributed by atoms with Crippen LogP contribution in [0.3, 0.4) is 0 Å². The zero-order valence-electron chi connectivity index (χ0n) is 8.80. The van der Waals surface area contributed by atoms with Crippen molar-refractivity contribution >= 4 is 11.8 Å². The number of halogens is 1. The van der Waals surface area contributed by atoms with Gasteiger partial charge in [-0.15, -0.1) is 11.8 Å². The molecule has 2 rings (SSSR count). The molecule has 0 amide bonds. The molecule has 0 bridgehead atoms. The number of nitrogens with zero attached hydrogens (tertiary/aromatic N) is 3. The number of hydrogen-bond donors (Lipinski definition) is 0. The predicted molar refractivity (Wildman–Crippen MR) is 62.7 cm³/mol. The first-order chi connectivity index (χ1) is 8.28. The zero-order valence-corrected chi connectivity index (χ0v) is 9.62. The molecule has 0 fully saturated rings. The van der Waals surface area contributed by atoms with Gasteiger partial charge in [-0.1, -0.05) is 0 Å². The second kappa shape index (κ2) is 5.41.